The molecule has 1 atom stereocenters. The lowest BCUT2D eigenvalue weighted by Crippen LogP contribution is -2.36. The van der Waals surface area contributed by atoms with Crippen LogP contribution in [0.4, 0.5) is 20.2 Å². The monoisotopic (exact) mass is 345 g/mol. The molecule has 0 saturated heterocycles. The van der Waals surface area contributed by atoms with Gasteiger partial charge in [-0.2, -0.15) is 0 Å². The molecule has 0 spiro atoms. The second-order valence-electron chi connectivity index (χ2n) is 6.00. The summed E-state index contributed by atoms with van der Waals surface area (Å²) in [5, 5.41) is 2.76. The molecule has 3 rings (SSSR count). The predicted octanol–water partition coefficient (Wildman–Crippen LogP) is 2.91. The van der Waals surface area contributed by atoms with Crippen LogP contribution in [0, 0.1) is 17.6 Å². The highest BCUT2D eigenvalue weighted by Crippen LogP contribution is 2.29. The summed E-state index contributed by atoms with van der Waals surface area (Å²) >= 11 is 0. The molecule has 0 saturated carbocycles. The van der Waals surface area contributed by atoms with Crippen molar-refractivity contribution in [1.29, 1.82) is 0 Å². The Kier molecular flexibility index (Phi) is 4.74. The van der Waals surface area contributed by atoms with E-state index in [1.54, 1.807) is 13.0 Å². The molecule has 0 fully saturated rings. The first-order valence-electron chi connectivity index (χ1n) is 7.95. The average Bonchev–Trinajstić information content (AvgIpc) is 2.73. The minimum atomic E-state index is -0.933. The fourth-order valence-electron chi connectivity index (χ4n) is 2.77. The summed E-state index contributed by atoms with van der Waals surface area (Å²) < 4.78 is 27.0. The first-order valence-corrected chi connectivity index (χ1v) is 7.95. The normalized spacial score (nSPS) is 16.8. The number of halogens is 2. The number of hydrogen-bond donors (Lipinski definition) is 1. The highest BCUT2D eigenvalue weighted by Gasteiger charge is 2.28. The molecule has 2 heterocycles. The van der Waals surface area contributed by atoms with Gasteiger partial charge in [0.05, 0.1) is 23.5 Å². The fourth-order valence-corrected chi connectivity index (χ4v) is 2.77. The molecule has 0 radical (unpaired) electrons. The van der Waals surface area contributed by atoms with E-state index in [2.05, 4.69) is 10.3 Å². The van der Waals surface area contributed by atoms with Gasteiger partial charge in [-0.05, 0) is 24.1 Å². The summed E-state index contributed by atoms with van der Waals surface area (Å²) in [6.45, 7) is 1.93. The van der Waals surface area contributed by atoms with E-state index >= 15 is 0 Å². The highest BCUT2D eigenvalue weighted by molar-refractivity contribution is 6.04. The van der Waals surface area contributed by atoms with Crippen molar-refractivity contribution in [2.24, 2.45) is 5.92 Å². The second kappa shape index (κ2) is 6.96. The lowest BCUT2D eigenvalue weighted by molar-refractivity contribution is -0.120. The van der Waals surface area contributed by atoms with Crippen molar-refractivity contribution in [2.75, 3.05) is 16.8 Å². The largest absolute Gasteiger partial charge is 0.324 e. The number of carbonyl (C=O) groups excluding carboxylic acids is 2. The van der Waals surface area contributed by atoms with Gasteiger partial charge in [0.25, 0.3) is 0 Å². The number of pyridine rings is 1. The lowest BCUT2D eigenvalue weighted by Gasteiger charge is -2.23. The van der Waals surface area contributed by atoms with Gasteiger partial charge in [-0.1, -0.05) is 19.1 Å². The van der Waals surface area contributed by atoms with Crippen LogP contribution in [0.25, 0.3) is 0 Å². The van der Waals surface area contributed by atoms with E-state index in [0.717, 1.165) is 6.07 Å². The van der Waals surface area contributed by atoms with E-state index in [1.807, 2.05) is 0 Å². The van der Waals surface area contributed by atoms with Crippen molar-refractivity contribution in [2.45, 2.75) is 19.8 Å². The standard InChI is InChI=1S/C18H17F2N3O2/c1-11-10-23(15-9-21-8-7-14(15)22-18(11)25)16(24)6-5-12-3-2-4-13(19)17(12)20/h2-4,7-9,11H,5-6,10H2,1H3,(H,22,25). The number of aromatic nitrogens is 1. The van der Waals surface area contributed by atoms with Gasteiger partial charge in [0, 0.05) is 19.2 Å². The van der Waals surface area contributed by atoms with Gasteiger partial charge in [-0.25, -0.2) is 8.78 Å². The van der Waals surface area contributed by atoms with Crippen molar-refractivity contribution >= 4 is 23.2 Å². The van der Waals surface area contributed by atoms with Gasteiger partial charge >= 0.3 is 0 Å². The number of rotatable bonds is 3. The maximum Gasteiger partial charge on any atom is 0.229 e. The molecule has 1 aliphatic heterocycles. The molecule has 130 valence electrons. The molecule has 0 aliphatic carbocycles. The average molecular weight is 345 g/mol. The van der Waals surface area contributed by atoms with Crippen LogP contribution in [0.1, 0.15) is 18.9 Å². The Bertz CT molecular complexity index is 826. The fraction of sp³-hybridized carbons (Fsp3) is 0.278. The number of carbonyl (C=O) groups is 2. The second-order valence-corrected chi connectivity index (χ2v) is 6.00. The summed E-state index contributed by atoms with van der Waals surface area (Å²) in [5.41, 5.74) is 1.16. The molecule has 2 amide bonds. The number of hydrogen-bond acceptors (Lipinski definition) is 3. The molecule has 25 heavy (non-hydrogen) atoms. The maximum atomic E-state index is 13.7. The molecule has 0 bridgehead atoms. The predicted molar refractivity (Wildman–Crippen MR) is 89.1 cm³/mol. The SMILES string of the molecule is CC1CN(C(=O)CCc2cccc(F)c2F)c2cnccc2NC1=O. The third-order valence-corrected chi connectivity index (χ3v) is 4.19. The van der Waals surface area contributed by atoms with E-state index < -0.39 is 17.6 Å². The molecule has 1 unspecified atom stereocenters. The smallest absolute Gasteiger partial charge is 0.229 e. The summed E-state index contributed by atoms with van der Waals surface area (Å²) in [6.07, 6.45) is 3.11. The number of benzene rings is 1. The van der Waals surface area contributed by atoms with Crippen molar-refractivity contribution in [3.63, 3.8) is 0 Å². The zero-order valence-corrected chi connectivity index (χ0v) is 13.6. The van der Waals surface area contributed by atoms with Gasteiger partial charge in [0.2, 0.25) is 11.8 Å². The van der Waals surface area contributed by atoms with Crippen LogP contribution in [-0.4, -0.2) is 23.3 Å². The summed E-state index contributed by atoms with van der Waals surface area (Å²) in [6, 6.07) is 5.53. The first-order chi connectivity index (χ1) is 12.0. The third-order valence-electron chi connectivity index (χ3n) is 4.19. The van der Waals surface area contributed by atoms with Gasteiger partial charge in [0.1, 0.15) is 0 Å². The molecule has 1 aliphatic rings. The Morgan fingerprint density at radius 3 is 2.96 bits per heavy atom. The summed E-state index contributed by atoms with van der Waals surface area (Å²) in [7, 11) is 0. The maximum absolute atomic E-state index is 13.7. The number of aryl methyl sites for hydroxylation is 1. The van der Waals surface area contributed by atoms with E-state index in [-0.39, 0.29) is 36.8 Å². The van der Waals surface area contributed by atoms with Crippen LogP contribution in [-0.2, 0) is 16.0 Å². The zero-order chi connectivity index (χ0) is 18.0. The molecule has 2 aromatic rings. The van der Waals surface area contributed by atoms with Crippen molar-refractivity contribution in [1.82, 2.24) is 4.98 Å². The first kappa shape index (κ1) is 17.0. The van der Waals surface area contributed by atoms with E-state index in [4.69, 9.17) is 0 Å². The molecule has 5 nitrogen and oxygen atoms in total. The van der Waals surface area contributed by atoms with Crippen molar-refractivity contribution in [3.8, 4) is 0 Å². The molecule has 1 aromatic heterocycles. The summed E-state index contributed by atoms with van der Waals surface area (Å²) in [5.74, 6) is -2.72. The van der Waals surface area contributed by atoms with Crippen LogP contribution in [0.2, 0.25) is 0 Å². The molecular formula is C18H17F2N3O2. The number of amides is 2. The zero-order valence-electron chi connectivity index (χ0n) is 13.6. The van der Waals surface area contributed by atoms with Gasteiger partial charge in [-0.3, -0.25) is 14.6 Å². The van der Waals surface area contributed by atoms with E-state index in [1.165, 1.54) is 29.4 Å². The Morgan fingerprint density at radius 2 is 2.16 bits per heavy atom. The number of anilines is 2. The van der Waals surface area contributed by atoms with Crippen LogP contribution in [0.15, 0.2) is 36.7 Å². The molecule has 1 aromatic carbocycles. The van der Waals surface area contributed by atoms with Gasteiger partial charge in [0.15, 0.2) is 11.6 Å². The molecule has 1 N–H and O–H groups in total. The number of fused-ring (bicyclic) bond motifs is 1. The Morgan fingerprint density at radius 1 is 1.36 bits per heavy atom. The third kappa shape index (κ3) is 3.50. The summed E-state index contributed by atoms with van der Waals surface area (Å²) in [4.78, 5) is 30.2. The molecular weight excluding hydrogens is 328 g/mol. The van der Waals surface area contributed by atoms with Gasteiger partial charge < -0.3 is 10.2 Å². The van der Waals surface area contributed by atoms with Crippen LogP contribution in [0.3, 0.4) is 0 Å². The lowest BCUT2D eigenvalue weighted by atomic mass is 10.1. The highest BCUT2D eigenvalue weighted by atomic mass is 19.2. The van der Waals surface area contributed by atoms with Gasteiger partial charge in [-0.15, -0.1) is 0 Å². The van der Waals surface area contributed by atoms with Crippen LogP contribution < -0.4 is 10.2 Å². The molecule has 7 heteroatoms. The van der Waals surface area contributed by atoms with Crippen molar-refractivity contribution < 1.29 is 18.4 Å². The number of nitrogens with zero attached hydrogens (tertiary/aromatic N) is 2. The van der Waals surface area contributed by atoms with Crippen molar-refractivity contribution in [3.05, 3.63) is 53.9 Å². The number of nitrogens with one attached hydrogen (secondary N) is 1. The topological polar surface area (TPSA) is 62.3 Å². The Balaban J connectivity index is 1.81. The van der Waals surface area contributed by atoms with E-state index in [0.29, 0.717) is 11.4 Å². The van der Waals surface area contributed by atoms with Crippen LogP contribution in [0.5, 0.6) is 0 Å². The van der Waals surface area contributed by atoms with Crippen LogP contribution >= 0.6 is 0 Å². The quantitative estimate of drug-likeness (QED) is 0.930. The minimum Gasteiger partial charge on any atom is -0.324 e. The van der Waals surface area contributed by atoms with E-state index in [9.17, 15) is 18.4 Å². The Hall–Kier alpha value is -2.83. The Labute approximate surface area is 143 Å². The minimum absolute atomic E-state index is 0.00435.